The van der Waals surface area contributed by atoms with Crippen LogP contribution in [0.3, 0.4) is 0 Å². The largest absolute Gasteiger partial charge is 0.495 e. The third-order valence-corrected chi connectivity index (χ3v) is 4.71. The Bertz CT molecular complexity index is 904. The van der Waals surface area contributed by atoms with E-state index in [9.17, 15) is 4.79 Å². The molecule has 0 unspecified atom stereocenters. The Kier molecular flexibility index (Phi) is 4.44. The maximum Gasteiger partial charge on any atom is 0.231 e. The highest BCUT2D eigenvalue weighted by atomic mass is 16.5. The zero-order valence-electron chi connectivity index (χ0n) is 14.8. The Hall–Kier alpha value is -3.08. The van der Waals surface area contributed by atoms with Gasteiger partial charge in [-0.15, -0.1) is 0 Å². The molecule has 4 rings (SSSR count). The second kappa shape index (κ2) is 7.04. The summed E-state index contributed by atoms with van der Waals surface area (Å²) >= 11 is 0. The van der Waals surface area contributed by atoms with Crippen LogP contribution in [-0.2, 0) is 17.6 Å². The zero-order valence-corrected chi connectivity index (χ0v) is 14.8. The number of aryl methyl sites for hydroxylation is 1. The summed E-state index contributed by atoms with van der Waals surface area (Å²) in [7, 11) is 1.65. The summed E-state index contributed by atoms with van der Waals surface area (Å²) < 4.78 is 7.29. The molecule has 0 N–H and O–H groups in total. The van der Waals surface area contributed by atoms with Crippen LogP contribution in [0, 0.1) is 0 Å². The highest BCUT2D eigenvalue weighted by molar-refractivity contribution is 5.97. The Morgan fingerprint density at radius 1 is 1.15 bits per heavy atom. The van der Waals surface area contributed by atoms with E-state index in [1.165, 1.54) is 5.56 Å². The van der Waals surface area contributed by atoms with Crippen molar-refractivity contribution in [1.29, 1.82) is 0 Å². The minimum Gasteiger partial charge on any atom is -0.495 e. The number of amides is 1. The highest BCUT2D eigenvalue weighted by Crippen LogP contribution is 2.36. The number of benzene rings is 2. The molecule has 2 aromatic carbocycles. The molecule has 1 aromatic heterocycles. The van der Waals surface area contributed by atoms with Crippen molar-refractivity contribution in [3.8, 4) is 11.4 Å². The molecule has 1 aliphatic heterocycles. The molecule has 0 saturated carbocycles. The van der Waals surface area contributed by atoms with Crippen LogP contribution in [0.25, 0.3) is 5.69 Å². The van der Waals surface area contributed by atoms with E-state index in [1.807, 2.05) is 53.6 Å². The van der Waals surface area contributed by atoms with Gasteiger partial charge in [-0.3, -0.25) is 4.79 Å². The normalized spacial score (nSPS) is 13.3. The summed E-state index contributed by atoms with van der Waals surface area (Å²) in [6.07, 6.45) is 5.94. The van der Waals surface area contributed by atoms with Gasteiger partial charge in [-0.25, -0.2) is 4.68 Å². The summed E-state index contributed by atoms with van der Waals surface area (Å²) in [6, 6.07) is 15.9. The number of hydrogen-bond donors (Lipinski definition) is 0. The molecule has 1 aliphatic rings. The zero-order chi connectivity index (χ0) is 17.9. The van der Waals surface area contributed by atoms with E-state index in [-0.39, 0.29) is 5.91 Å². The van der Waals surface area contributed by atoms with Crippen molar-refractivity contribution in [3.05, 3.63) is 72.1 Å². The number of hydrogen-bond acceptors (Lipinski definition) is 3. The summed E-state index contributed by atoms with van der Waals surface area (Å²) in [6.45, 7) is 0.721. The second-order valence-electron chi connectivity index (χ2n) is 6.42. The molecule has 0 radical (unpaired) electrons. The average molecular weight is 347 g/mol. The average Bonchev–Trinajstić information content (AvgIpc) is 3.16. The van der Waals surface area contributed by atoms with E-state index in [1.54, 1.807) is 18.0 Å². The molecule has 0 fully saturated rings. The second-order valence-corrected chi connectivity index (χ2v) is 6.42. The molecule has 0 aliphatic carbocycles. The molecule has 3 aromatic rings. The summed E-state index contributed by atoms with van der Waals surface area (Å²) in [4.78, 5) is 14.8. The van der Waals surface area contributed by atoms with Gasteiger partial charge >= 0.3 is 0 Å². The first-order valence-electron chi connectivity index (χ1n) is 8.81. The van der Waals surface area contributed by atoms with E-state index in [0.717, 1.165) is 42.1 Å². The number of ether oxygens (including phenoxy) is 1. The molecule has 0 saturated heterocycles. The van der Waals surface area contributed by atoms with Crippen LogP contribution in [0.5, 0.6) is 5.75 Å². The van der Waals surface area contributed by atoms with Gasteiger partial charge in [0.05, 0.1) is 31.1 Å². The van der Waals surface area contributed by atoms with Crippen molar-refractivity contribution in [2.45, 2.75) is 19.3 Å². The maximum absolute atomic E-state index is 13.0. The molecule has 0 atom stereocenters. The smallest absolute Gasteiger partial charge is 0.231 e. The summed E-state index contributed by atoms with van der Waals surface area (Å²) in [5.41, 5.74) is 3.97. The predicted molar refractivity (Wildman–Crippen MR) is 101 cm³/mol. The molecular formula is C21H21N3O2. The van der Waals surface area contributed by atoms with Crippen LogP contribution in [0.15, 0.2) is 60.9 Å². The minimum atomic E-state index is 0.0723. The Morgan fingerprint density at radius 2 is 2.00 bits per heavy atom. The maximum atomic E-state index is 13.0. The molecule has 26 heavy (non-hydrogen) atoms. The minimum absolute atomic E-state index is 0.0723. The van der Waals surface area contributed by atoms with Gasteiger partial charge in [0.25, 0.3) is 0 Å². The molecule has 5 heteroatoms. The van der Waals surface area contributed by atoms with Crippen molar-refractivity contribution in [2.75, 3.05) is 18.6 Å². The standard InChI is InChI=1S/C21H21N3O2/c1-26-19-11-5-7-17-8-6-12-23(21(17)19)20(25)13-16-14-22-24(15-16)18-9-3-2-4-10-18/h2-5,7,9-11,14-15H,6,8,12-13H2,1H3. The van der Waals surface area contributed by atoms with E-state index in [2.05, 4.69) is 11.2 Å². The van der Waals surface area contributed by atoms with Crippen LogP contribution >= 0.6 is 0 Å². The summed E-state index contributed by atoms with van der Waals surface area (Å²) in [5.74, 6) is 0.832. The molecule has 0 spiro atoms. The van der Waals surface area contributed by atoms with Gasteiger partial charge in [-0.05, 0) is 42.2 Å². The van der Waals surface area contributed by atoms with E-state index in [0.29, 0.717) is 6.42 Å². The van der Waals surface area contributed by atoms with Gasteiger partial charge < -0.3 is 9.64 Å². The molecule has 1 amide bonds. The number of nitrogens with zero attached hydrogens (tertiary/aromatic N) is 3. The van der Waals surface area contributed by atoms with E-state index < -0.39 is 0 Å². The molecule has 132 valence electrons. The molecule has 2 heterocycles. The van der Waals surface area contributed by atoms with Crippen LogP contribution in [0.2, 0.25) is 0 Å². The van der Waals surface area contributed by atoms with Crippen molar-refractivity contribution in [1.82, 2.24) is 9.78 Å². The number of anilines is 1. The van der Waals surface area contributed by atoms with Gasteiger partial charge in [0, 0.05) is 12.7 Å². The fourth-order valence-corrected chi connectivity index (χ4v) is 3.47. The van der Waals surface area contributed by atoms with Crippen molar-refractivity contribution >= 4 is 11.6 Å². The first kappa shape index (κ1) is 16.4. The lowest BCUT2D eigenvalue weighted by atomic mass is 10.0. The number of rotatable bonds is 4. The van der Waals surface area contributed by atoms with Crippen LogP contribution < -0.4 is 9.64 Å². The third-order valence-electron chi connectivity index (χ3n) is 4.71. The predicted octanol–water partition coefficient (Wildman–Crippen LogP) is 3.40. The third kappa shape index (κ3) is 3.08. The number of para-hydroxylation sites is 2. The van der Waals surface area contributed by atoms with Gasteiger partial charge in [0.15, 0.2) is 0 Å². The Labute approximate surface area is 152 Å². The highest BCUT2D eigenvalue weighted by Gasteiger charge is 2.26. The molecule has 0 bridgehead atoms. The van der Waals surface area contributed by atoms with Crippen molar-refractivity contribution in [2.24, 2.45) is 0 Å². The van der Waals surface area contributed by atoms with Crippen LogP contribution in [0.4, 0.5) is 5.69 Å². The van der Waals surface area contributed by atoms with Crippen molar-refractivity contribution < 1.29 is 9.53 Å². The topological polar surface area (TPSA) is 47.4 Å². The van der Waals surface area contributed by atoms with Crippen LogP contribution in [-0.4, -0.2) is 29.3 Å². The van der Waals surface area contributed by atoms with Gasteiger partial charge in [-0.2, -0.15) is 5.10 Å². The number of aromatic nitrogens is 2. The summed E-state index contributed by atoms with van der Waals surface area (Å²) in [5, 5.41) is 4.38. The Morgan fingerprint density at radius 3 is 2.81 bits per heavy atom. The first-order chi connectivity index (χ1) is 12.8. The van der Waals surface area contributed by atoms with Crippen LogP contribution in [0.1, 0.15) is 17.5 Å². The molecule has 5 nitrogen and oxygen atoms in total. The number of carbonyl (C=O) groups is 1. The fraction of sp³-hybridized carbons (Fsp3) is 0.238. The Balaban J connectivity index is 1.56. The lowest BCUT2D eigenvalue weighted by Crippen LogP contribution is -2.36. The quantitative estimate of drug-likeness (QED) is 0.727. The van der Waals surface area contributed by atoms with E-state index >= 15 is 0 Å². The number of carbonyl (C=O) groups excluding carboxylic acids is 1. The fourth-order valence-electron chi connectivity index (χ4n) is 3.47. The number of fused-ring (bicyclic) bond motifs is 1. The molecular weight excluding hydrogens is 326 g/mol. The van der Waals surface area contributed by atoms with Gasteiger partial charge in [0.2, 0.25) is 5.91 Å². The number of methoxy groups -OCH3 is 1. The SMILES string of the molecule is COc1cccc2c1N(C(=O)Cc1cnn(-c3ccccc3)c1)CCC2. The monoisotopic (exact) mass is 347 g/mol. The van der Waals surface area contributed by atoms with Crippen molar-refractivity contribution in [3.63, 3.8) is 0 Å². The van der Waals surface area contributed by atoms with Gasteiger partial charge in [0.1, 0.15) is 5.75 Å². The van der Waals surface area contributed by atoms with E-state index in [4.69, 9.17) is 4.74 Å². The lowest BCUT2D eigenvalue weighted by Gasteiger charge is -2.30. The first-order valence-corrected chi connectivity index (χ1v) is 8.81. The van der Waals surface area contributed by atoms with Gasteiger partial charge in [-0.1, -0.05) is 30.3 Å². The lowest BCUT2D eigenvalue weighted by molar-refractivity contribution is -0.118.